The number of fused-ring (bicyclic) bond motifs is 2. The van der Waals surface area contributed by atoms with E-state index in [-0.39, 0.29) is 5.82 Å². The molecule has 7 nitrogen and oxygen atoms in total. The first-order chi connectivity index (χ1) is 14.6. The largest absolute Gasteiger partial charge is 0.496 e. The molecular weight excluding hydrogens is 383 g/mol. The molecule has 0 N–H and O–H groups in total. The third-order valence-electron chi connectivity index (χ3n) is 5.36. The maximum atomic E-state index is 15.0. The van der Waals surface area contributed by atoms with E-state index < -0.39 is 0 Å². The van der Waals surface area contributed by atoms with Crippen molar-refractivity contribution in [1.29, 1.82) is 0 Å². The van der Waals surface area contributed by atoms with E-state index in [1.54, 1.807) is 38.1 Å². The van der Waals surface area contributed by atoms with Gasteiger partial charge in [0.05, 0.1) is 37.0 Å². The minimum atomic E-state index is -0.337. The van der Waals surface area contributed by atoms with Gasteiger partial charge in [0.15, 0.2) is 5.65 Å². The molecular formula is C22H19FN6O. The highest BCUT2D eigenvalue weighted by Gasteiger charge is 2.17. The lowest BCUT2D eigenvalue weighted by Gasteiger charge is -2.12. The van der Waals surface area contributed by atoms with Crippen LogP contribution in [0.25, 0.3) is 44.5 Å². The summed E-state index contributed by atoms with van der Waals surface area (Å²) in [6, 6.07) is 8.72. The van der Waals surface area contributed by atoms with E-state index in [2.05, 4.69) is 20.2 Å². The first-order valence-electron chi connectivity index (χ1n) is 9.56. The van der Waals surface area contributed by atoms with E-state index in [9.17, 15) is 4.39 Å². The summed E-state index contributed by atoms with van der Waals surface area (Å²) in [5.41, 5.74) is 5.82. The van der Waals surface area contributed by atoms with Crippen molar-refractivity contribution in [1.82, 2.24) is 29.3 Å². The Morgan fingerprint density at radius 3 is 2.70 bits per heavy atom. The molecule has 0 aliphatic heterocycles. The molecule has 0 aliphatic carbocycles. The van der Waals surface area contributed by atoms with Gasteiger partial charge in [-0.1, -0.05) is 6.07 Å². The van der Waals surface area contributed by atoms with Gasteiger partial charge in [0, 0.05) is 36.3 Å². The maximum absolute atomic E-state index is 15.0. The summed E-state index contributed by atoms with van der Waals surface area (Å²) < 4.78 is 24.3. The zero-order valence-corrected chi connectivity index (χ0v) is 16.8. The summed E-state index contributed by atoms with van der Waals surface area (Å²) in [6.45, 7) is 2.76. The minimum absolute atomic E-state index is 0.337. The van der Waals surface area contributed by atoms with Crippen LogP contribution in [0.1, 0.15) is 6.92 Å². The molecule has 150 valence electrons. The topological polar surface area (TPSA) is 70.7 Å². The maximum Gasteiger partial charge on any atom is 0.183 e. The van der Waals surface area contributed by atoms with Crippen LogP contribution in [0.3, 0.4) is 0 Å². The summed E-state index contributed by atoms with van der Waals surface area (Å²) in [5, 5.41) is 8.34. The van der Waals surface area contributed by atoms with Gasteiger partial charge in [0.25, 0.3) is 0 Å². The number of ether oxygens (including phenoxy) is 1. The number of methoxy groups -OCH3 is 1. The molecule has 2 aromatic carbocycles. The first-order valence-corrected chi connectivity index (χ1v) is 9.56. The molecule has 0 saturated heterocycles. The Bertz CT molecular complexity index is 1400. The van der Waals surface area contributed by atoms with E-state index in [0.717, 1.165) is 34.2 Å². The van der Waals surface area contributed by atoms with Crippen LogP contribution in [0.2, 0.25) is 0 Å². The molecule has 0 spiro atoms. The average molecular weight is 402 g/mol. The molecule has 0 unspecified atom stereocenters. The fraction of sp³-hybridized carbons (Fsp3) is 0.182. The van der Waals surface area contributed by atoms with Crippen LogP contribution in [0.5, 0.6) is 5.75 Å². The molecule has 0 bridgehead atoms. The third kappa shape index (κ3) is 2.72. The smallest absolute Gasteiger partial charge is 0.183 e. The number of rotatable bonds is 4. The molecule has 3 aromatic heterocycles. The molecule has 5 rings (SSSR count). The fourth-order valence-corrected chi connectivity index (χ4v) is 3.75. The van der Waals surface area contributed by atoms with Crippen LogP contribution < -0.4 is 4.74 Å². The number of aryl methyl sites for hydroxylation is 2. The standard InChI is InChI=1S/C22H19FN6O/c1-4-29-12-25-21-16(10-26-27-22(21)29)13-5-6-17(23)14(7-13)15-8-19-18(9-20(15)30-3)24-11-28(19)2/h5-12H,4H2,1-3H3. The highest BCUT2D eigenvalue weighted by atomic mass is 19.1. The van der Waals surface area contributed by atoms with Crippen LogP contribution in [-0.4, -0.2) is 36.4 Å². The van der Waals surface area contributed by atoms with Gasteiger partial charge in [-0.15, -0.1) is 5.10 Å². The Morgan fingerprint density at radius 2 is 1.90 bits per heavy atom. The Kier molecular flexibility index (Phi) is 4.20. The monoisotopic (exact) mass is 402 g/mol. The van der Waals surface area contributed by atoms with Gasteiger partial charge in [0.1, 0.15) is 17.1 Å². The van der Waals surface area contributed by atoms with Crippen molar-refractivity contribution in [2.45, 2.75) is 13.5 Å². The summed E-state index contributed by atoms with van der Waals surface area (Å²) in [6.07, 6.45) is 5.13. The highest BCUT2D eigenvalue weighted by Crippen LogP contribution is 2.37. The Hall–Kier alpha value is -3.81. The van der Waals surface area contributed by atoms with Gasteiger partial charge in [-0.2, -0.15) is 5.10 Å². The molecule has 0 amide bonds. The Morgan fingerprint density at radius 1 is 1.03 bits per heavy atom. The number of halogens is 1. The number of hydrogen-bond donors (Lipinski definition) is 0. The van der Waals surface area contributed by atoms with E-state index in [1.807, 2.05) is 35.2 Å². The number of aromatic nitrogens is 6. The van der Waals surface area contributed by atoms with Crippen molar-refractivity contribution in [3.05, 3.63) is 55.0 Å². The third-order valence-corrected chi connectivity index (χ3v) is 5.36. The van der Waals surface area contributed by atoms with Crippen molar-refractivity contribution >= 4 is 22.2 Å². The van der Waals surface area contributed by atoms with Crippen molar-refractivity contribution in [2.75, 3.05) is 7.11 Å². The second-order valence-electron chi connectivity index (χ2n) is 7.05. The molecule has 0 saturated carbocycles. The van der Waals surface area contributed by atoms with Gasteiger partial charge in [0.2, 0.25) is 0 Å². The molecule has 0 atom stereocenters. The van der Waals surface area contributed by atoms with Crippen LogP contribution in [0.15, 0.2) is 49.2 Å². The van der Waals surface area contributed by atoms with Gasteiger partial charge in [-0.25, -0.2) is 14.4 Å². The lowest BCUT2D eigenvalue weighted by Crippen LogP contribution is -1.96. The van der Waals surface area contributed by atoms with Crippen LogP contribution >= 0.6 is 0 Å². The minimum Gasteiger partial charge on any atom is -0.496 e. The molecule has 30 heavy (non-hydrogen) atoms. The molecule has 0 fully saturated rings. The lowest BCUT2D eigenvalue weighted by molar-refractivity contribution is 0.416. The van der Waals surface area contributed by atoms with Crippen molar-refractivity contribution in [3.63, 3.8) is 0 Å². The molecule has 3 heterocycles. The number of hydrogen-bond acceptors (Lipinski definition) is 5. The van der Waals surface area contributed by atoms with Crippen molar-refractivity contribution < 1.29 is 9.13 Å². The second-order valence-corrected chi connectivity index (χ2v) is 7.05. The zero-order valence-electron chi connectivity index (χ0n) is 16.8. The van der Waals surface area contributed by atoms with E-state index >= 15 is 0 Å². The quantitative estimate of drug-likeness (QED) is 0.450. The van der Waals surface area contributed by atoms with E-state index in [1.165, 1.54) is 6.07 Å². The second kappa shape index (κ2) is 6.91. The van der Waals surface area contributed by atoms with Crippen molar-refractivity contribution in [3.8, 4) is 28.0 Å². The Labute approximate surface area is 171 Å². The molecule has 0 aliphatic rings. The predicted octanol–water partition coefficient (Wildman–Crippen LogP) is 4.21. The van der Waals surface area contributed by atoms with Gasteiger partial charge in [-0.3, -0.25) is 0 Å². The van der Waals surface area contributed by atoms with Crippen LogP contribution in [-0.2, 0) is 13.6 Å². The number of imidazole rings is 2. The van der Waals surface area contributed by atoms with Gasteiger partial charge < -0.3 is 13.9 Å². The summed E-state index contributed by atoms with van der Waals surface area (Å²) in [4.78, 5) is 8.86. The van der Waals surface area contributed by atoms with E-state index in [4.69, 9.17) is 4.74 Å². The molecule has 8 heteroatoms. The van der Waals surface area contributed by atoms with Crippen molar-refractivity contribution in [2.24, 2.45) is 7.05 Å². The van der Waals surface area contributed by atoms with E-state index in [0.29, 0.717) is 22.5 Å². The molecule has 0 radical (unpaired) electrons. The first kappa shape index (κ1) is 18.2. The highest BCUT2D eigenvalue weighted by molar-refractivity contribution is 5.92. The number of benzene rings is 2. The van der Waals surface area contributed by atoms with Crippen LogP contribution in [0.4, 0.5) is 4.39 Å². The fourth-order valence-electron chi connectivity index (χ4n) is 3.75. The average Bonchev–Trinajstić information content (AvgIpc) is 3.36. The molecule has 5 aromatic rings. The normalized spacial score (nSPS) is 11.5. The van der Waals surface area contributed by atoms with Gasteiger partial charge in [-0.05, 0) is 30.7 Å². The Balaban J connectivity index is 1.73. The summed E-state index contributed by atoms with van der Waals surface area (Å²) >= 11 is 0. The lowest BCUT2D eigenvalue weighted by atomic mass is 9.98. The van der Waals surface area contributed by atoms with Gasteiger partial charge >= 0.3 is 0 Å². The van der Waals surface area contributed by atoms with Crippen LogP contribution in [0, 0.1) is 5.82 Å². The zero-order chi connectivity index (χ0) is 20.8. The predicted molar refractivity (Wildman–Crippen MR) is 113 cm³/mol. The number of nitrogens with zero attached hydrogens (tertiary/aromatic N) is 6. The SMILES string of the molecule is CCn1cnc2c(-c3ccc(F)c(-c4cc5c(cc4OC)ncn5C)c3)cnnc21. The summed E-state index contributed by atoms with van der Waals surface area (Å²) in [7, 11) is 3.48. The summed E-state index contributed by atoms with van der Waals surface area (Å²) in [5.74, 6) is 0.224.